The zero-order chi connectivity index (χ0) is 18.1. The molecule has 0 aliphatic carbocycles. The van der Waals surface area contributed by atoms with E-state index in [1.165, 1.54) is 5.56 Å². The third-order valence-electron chi connectivity index (χ3n) is 3.82. The average Bonchev–Trinajstić information content (AvgIpc) is 2.62. The predicted molar refractivity (Wildman–Crippen MR) is 99.0 cm³/mol. The fourth-order valence-electron chi connectivity index (χ4n) is 2.28. The van der Waals surface area contributed by atoms with Gasteiger partial charge in [0.15, 0.2) is 0 Å². The fourth-order valence-corrected chi connectivity index (χ4v) is 2.28. The summed E-state index contributed by atoms with van der Waals surface area (Å²) >= 11 is 0. The molecule has 5 nitrogen and oxygen atoms in total. The SMILES string of the molecule is COc1ccc(CNC(=O)CN(C)CCOc2ccc(C)cc2)cc1. The Morgan fingerprint density at radius 2 is 1.68 bits per heavy atom. The van der Waals surface area contributed by atoms with Gasteiger partial charge in [0.2, 0.25) is 5.91 Å². The summed E-state index contributed by atoms with van der Waals surface area (Å²) in [5, 5.41) is 2.92. The number of nitrogens with one attached hydrogen (secondary N) is 1. The van der Waals surface area contributed by atoms with Gasteiger partial charge in [-0.15, -0.1) is 0 Å². The lowest BCUT2D eigenvalue weighted by Gasteiger charge is -2.16. The number of amides is 1. The Hall–Kier alpha value is -2.53. The van der Waals surface area contributed by atoms with Crippen LogP contribution in [0.4, 0.5) is 0 Å². The van der Waals surface area contributed by atoms with E-state index in [-0.39, 0.29) is 5.91 Å². The van der Waals surface area contributed by atoms with E-state index in [0.717, 1.165) is 17.1 Å². The molecule has 0 radical (unpaired) electrons. The number of hydrogen-bond acceptors (Lipinski definition) is 4. The molecule has 0 saturated heterocycles. The van der Waals surface area contributed by atoms with Crippen molar-refractivity contribution in [1.29, 1.82) is 0 Å². The van der Waals surface area contributed by atoms with Crippen LogP contribution < -0.4 is 14.8 Å². The first-order valence-electron chi connectivity index (χ1n) is 8.34. The van der Waals surface area contributed by atoms with Crippen molar-refractivity contribution in [1.82, 2.24) is 10.2 Å². The summed E-state index contributed by atoms with van der Waals surface area (Å²) in [6, 6.07) is 15.6. The molecule has 0 spiro atoms. The molecule has 1 amide bonds. The van der Waals surface area contributed by atoms with Crippen molar-refractivity contribution in [3.63, 3.8) is 0 Å². The number of rotatable bonds is 9. The second-order valence-electron chi connectivity index (χ2n) is 6.02. The molecule has 0 atom stereocenters. The topological polar surface area (TPSA) is 50.8 Å². The molecule has 0 bridgehead atoms. The van der Waals surface area contributed by atoms with Crippen LogP contribution in [0.25, 0.3) is 0 Å². The smallest absolute Gasteiger partial charge is 0.234 e. The number of carbonyl (C=O) groups excluding carboxylic acids is 1. The van der Waals surface area contributed by atoms with Crippen molar-refractivity contribution < 1.29 is 14.3 Å². The Morgan fingerprint density at radius 1 is 1.04 bits per heavy atom. The summed E-state index contributed by atoms with van der Waals surface area (Å²) in [6.45, 7) is 4.13. The highest BCUT2D eigenvalue weighted by atomic mass is 16.5. The van der Waals surface area contributed by atoms with Gasteiger partial charge in [-0.2, -0.15) is 0 Å². The molecule has 0 aliphatic rings. The Balaban J connectivity index is 1.64. The Morgan fingerprint density at radius 3 is 2.32 bits per heavy atom. The molecule has 0 fully saturated rings. The minimum atomic E-state index is -0.00588. The number of nitrogens with zero attached hydrogens (tertiary/aromatic N) is 1. The van der Waals surface area contributed by atoms with Crippen LogP contribution >= 0.6 is 0 Å². The number of ether oxygens (including phenoxy) is 2. The largest absolute Gasteiger partial charge is 0.497 e. The van der Waals surface area contributed by atoms with Crippen LogP contribution in [-0.2, 0) is 11.3 Å². The molecule has 0 unspecified atom stereocenters. The highest BCUT2D eigenvalue weighted by molar-refractivity contribution is 5.77. The Bertz CT molecular complexity index is 654. The van der Waals surface area contributed by atoms with Gasteiger partial charge in [0.05, 0.1) is 13.7 Å². The Kier molecular flexibility index (Phi) is 7.29. The van der Waals surface area contributed by atoms with Crippen LogP contribution in [0.2, 0.25) is 0 Å². The molecule has 134 valence electrons. The van der Waals surface area contributed by atoms with E-state index in [4.69, 9.17) is 9.47 Å². The van der Waals surface area contributed by atoms with E-state index < -0.39 is 0 Å². The minimum Gasteiger partial charge on any atom is -0.497 e. The molecule has 2 rings (SSSR count). The van der Waals surface area contributed by atoms with Crippen molar-refractivity contribution in [2.24, 2.45) is 0 Å². The van der Waals surface area contributed by atoms with Crippen LogP contribution in [0.15, 0.2) is 48.5 Å². The second kappa shape index (κ2) is 9.69. The minimum absolute atomic E-state index is 0.00588. The molecule has 25 heavy (non-hydrogen) atoms. The zero-order valence-electron chi connectivity index (χ0n) is 15.1. The predicted octanol–water partition coefficient (Wildman–Crippen LogP) is 2.63. The summed E-state index contributed by atoms with van der Waals surface area (Å²) in [6.07, 6.45) is 0. The number of benzene rings is 2. The summed E-state index contributed by atoms with van der Waals surface area (Å²) in [5.41, 5.74) is 2.25. The van der Waals surface area contributed by atoms with Gasteiger partial charge < -0.3 is 14.8 Å². The van der Waals surface area contributed by atoms with E-state index in [1.54, 1.807) is 7.11 Å². The van der Waals surface area contributed by atoms with Crippen LogP contribution in [-0.4, -0.2) is 44.7 Å². The molecule has 5 heteroatoms. The van der Waals surface area contributed by atoms with Crippen LogP contribution in [0.1, 0.15) is 11.1 Å². The van der Waals surface area contributed by atoms with Gasteiger partial charge in [0.1, 0.15) is 18.1 Å². The number of carbonyl (C=O) groups is 1. The van der Waals surface area contributed by atoms with Gasteiger partial charge in [-0.1, -0.05) is 29.8 Å². The van der Waals surface area contributed by atoms with Crippen LogP contribution in [0.3, 0.4) is 0 Å². The van der Waals surface area contributed by atoms with Crippen molar-refractivity contribution in [3.8, 4) is 11.5 Å². The van der Waals surface area contributed by atoms with Crippen molar-refractivity contribution in [3.05, 3.63) is 59.7 Å². The van der Waals surface area contributed by atoms with E-state index in [1.807, 2.05) is 67.4 Å². The molecule has 0 aliphatic heterocycles. The van der Waals surface area contributed by atoms with Gasteiger partial charge in [0.25, 0.3) is 0 Å². The monoisotopic (exact) mass is 342 g/mol. The van der Waals surface area contributed by atoms with Gasteiger partial charge in [-0.25, -0.2) is 0 Å². The molecule has 2 aromatic rings. The molecule has 1 N–H and O–H groups in total. The molecular formula is C20H26N2O3. The third-order valence-corrected chi connectivity index (χ3v) is 3.82. The number of methoxy groups -OCH3 is 1. The van der Waals surface area contributed by atoms with Crippen LogP contribution in [0.5, 0.6) is 11.5 Å². The first kappa shape index (κ1) is 18.8. The van der Waals surface area contributed by atoms with Gasteiger partial charge in [-0.05, 0) is 43.8 Å². The quantitative estimate of drug-likeness (QED) is 0.761. The van der Waals surface area contributed by atoms with Crippen molar-refractivity contribution in [2.45, 2.75) is 13.5 Å². The maximum absolute atomic E-state index is 12.0. The first-order valence-corrected chi connectivity index (χ1v) is 8.34. The lowest BCUT2D eigenvalue weighted by molar-refractivity contribution is -0.122. The lowest BCUT2D eigenvalue weighted by Crippen LogP contribution is -2.36. The van der Waals surface area contributed by atoms with Gasteiger partial charge >= 0.3 is 0 Å². The second-order valence-corrected chi connectivity index (χ2v) is 6.02. The third kappa shape index (κ3) is 6.85. The number of likely N-dealkylation sites (N-methyl/N-ethyl adjacent to an activating group) is 1. The highest BCUT2D eigenvalue weighted by Gasteiger charge is 2.06. The van der Waals surface area contributed by atoms with E-state index in [2.05, 4.69) is 5.32 Å². The van der Waals surface area contributed by atoms with E-state index in [9.17, 15) is 4.79 Å². The van der Waals surface area contributed by atoms with E-state index >= 15 is 0 Å². The maximum atomic E-state index is 12.0. The number of hydrogen-bond donors (Lipinski definition) is 1. The summed E-state index contributed by atoms with van der Waals surface area (Å²) in [7, 11) is 3.54. The maximum Gasteiger partial charge on any atom is 0.234 e. The standard InChI is InChI=1S/C20H26N2O3/c1-16-4-8-19(9-5-16)25-13-12-22(2)15-20(23)21-14-17-6-10-18(24-3)11-7-17/h4-11H,12-15H2,1-3H3,(H,21,23). The van der Waals surface area contributed by atoms with Crippen molar-refractivity contribution in [2.75, 3.05) is 33.9 Å². The molecule has 0 heterocycles. The molecular weight excluding hydrogens is 316 g/mol. The normalized spacial score (nSPS) is 10.6. The average molecular weight is 342 g/mol. The zero-order valence-corrected chi connectivity index (χ0v) is 15.1. The van der Waals surface area contributed by atoms with Gasteiger partial charge in [-0.3, -0.25) is 9.69 Å². The van der Waals surface area contributed by atoms with Crippen LogP contribution in [0, 0.1) is 6.92 Å². The summed E-state index contributed by atoms with van der Waals surface area (Å²) < 4.78 is 10.8. The number of aryl methyl sites for hydroxylation is 1. The summed E-state index contributed by atoms with van der Waals surface area (Å²) in [5.74, 6) is 1.65. The highest BCUT2D eigenvalue weighted by Crippen LogP contribution is 2.11. The van der Waals surface area contributed by atoms with E-state index in [0.29, 0.717) is 26.2 Å². The molecule has 2 aromatic carbocycles. The molecule has 0 aromatic heterocycles. The van der Waals surface area contributed by atoms with Crippen molar-refractivity contribution >= 4 is 5.91 Å². The van der Waals surface area contributed by atoms with Gasteiger partial charge in [0, 0.05) is 13.1 Å². The lowest BCUT2D eigenvalue weighted by atomic mass is 10.2. The molecule has 0 saturated carbocycles. The fraction of sp³-hybridized carbons (Fsp3) is 0.350. The first-order chi connectivity index (χ1) is 12.1. The summed E-state index contributed by atoms with van der Waals surface area (Å²) in [4.78, 5) is 13.9. The Labute approximate surface area is 149 Å².